The van der Waals surface area contributed by atoms with Crippen LogP contribution >= 0.6 is 23.1 Å². The zero-order valence-electron chi connectivity index (χ0n) is 14.2. The fourth-order valence-electron chi connectivity index (χ4n) is 2.11. The second-order valence-corrected chi connectivity index (χ2v) is 7.67. The maximum atomic E-state index is 12.3. The predicted molar refractivity (Wildman–Crippen MR) is 103 cm³/mol. The van der Waals surface area contributed by atoms with Crippen molar-refractivity contribution in [2.45, 2.75) is 19.1 Å². The van der Waals surface area contributed by atoms with Crippen molar-refractivity contribution in [1.82, 2.24) is 0 Å². The van der Waals surface area contributed by atoms with Crippen LogP contribution in [0.4, 0.5) is 5.00 Å². The number of aliphatic hydroxyl groups is 1. The average Bonchev–Trinajstić information content (AvgIpc) is 3.04. The molecule has 134 valence electrons. The summed E-state index contributed by atoms with van der Waals surface area (Å²) in [5.41, 5.74) is 1.33. The average molecular weight is 380 g/mol. The number of carbonyl (C=O) groups excluding carboxylic acids is 2. The molecule has 2 aromatic rings. The van der Waals surface area contributed by atoms with Gasteiger partial charge in [-0.3, -0.25) is 4.79 Å². The Labute approximate surface area is 155 Å². The van der Waals surface area contributed by atoms with E-state index >= 15 is 0 Å². The molecule has 0 saturated heterocycles. The molecule has 0 unspecified atom stereocenters. The first-order valence-electron chi connectivity index (χ1n) is 7.96. The van der Waals surface area contributed by atoms with E-state index in [1.165, 1.54) is 23.1 Å². The molecule has 0 aliphatic heterocycles. The minimum absolute atomic E-state index is 0.0213. The Morgan fingerprint density at radius 2 is 2.04 bits per heavy atom. The minimum Gasteiger partial charge on any atom is -0.462 e. The first kappa shape index (κ1) is 19.5. The summed E-state index contributed by atoms with van der Waals surface area (Å²) < 4.78 is 5.10. The van der Waals surface area contributed by atoms with E-state index in [9.17, 15) is 9.59 Å². The lowest BCUT2D eigenvalue weighted by Crippen LogP contribution is -2.23. The highest BCUT2D eigenvalue weighted by atomic mass is 32.2. The van der Waals surface area contributed by atoms with E-state index in [0.29, 0.717) is 16.3 Å². The SMILES string of the molecule is CCOC(=O)c1cc(-c2ccccc2)sc1NC(=O)[C@@H](C)SCCO. The van der Waals surface area contributed by atoms with E-state index in [0.717, 1.165) is 10.4 Å². The zero-order valence-corrected chi connectivity index (χ0v) is 15.8. The summed E-state index contributed by atoms with van der Waals surface area (Å²) in [6.07, 6.45) is 0. The van der Waals surface area contributed by atoms with Crippen molar-refractivity contribution < 1.29 is 19.4 Å². The molecule has 0 bridgehead atoms. The molecule has 0 aliphatic rings. The molecule has 1 aromatic carbocycles. The Kier molecular flexibility index (Phi) is 7.49. The normalized spacial score (nSPS) is 11.8. The van der Waals surface area contributed by atoms with Gasteiger partial charge in [0.15, 0.2) is 0 Å². The fraction of sp³-hybridized carbons (Fsp3) is 0.333. The number of benzene rings is 1. The van der Waals surface area contributed by atoms with E-state index in [4.69, 9.17) is 9.84 Å². The van der Waals surface area contributed by atoms with E-state index in [1.807, 2.05) is 30.3 Å². The van der Waals surface area contributed by atoms with Crippen molar-refractivity contribution in [2.75, 3.05) is 24.3 Å². The van der Waals surface area contributed by atoms with Gasteiger partial charge in [-0.2, -0.15) is 0 Å². The summed E-state index contributed by atoms with van der Waals surface area (Å²) in [6.45, 7) is 3.80. The number of thiophene rings is 1. The summed E-state index contributed by atoms with van der Waals surface area (Å²) in [5, 5.41) is 11.9. The maximum Gasteiger partial charge on any atom is 0.341 e. The first-order chi connectivity index (χ1) is 12.1. The van der Waals surface area contributed by atoms with Crippen molar-refractivity contribution in [2.24, 2.45) is 0 Å². The standard InChI is InChI=1S/C18H21NO4S2/c1-3-23-18(22)14-11-15(13-7-5-4-6-8-13)25-17(14)19-16(21)12(2)24-10-9-20/h4-8,11-12,20H,3,9-10H2,1-2H3,(H,19,21)/t12-/m1/s1. The second kappa shape index (κ2) is 9.60. The minimum atomic E-state index is -0.452. The number of carbonyl (C=O) groups is 2. The number of amides is 1. The van der Waals surface area contributed by atoms with Crippen molar-refractivity contribution in [3.05, 3.63) is 42.0 Å². The zero-order chi connectivity index (χ0) is 18.2. The van der Waals surface area contributed by atoms with Crippen LogP contribution in [0.3, 0.4) is 0 Å². The van der Waals surface area contributed by atoms with Crippen molar-refractivity contribution in [3.8, 4) is 10.4 Å². The van der Waals surface area contributed by atoms with Gasteiger partial charge in [-0.15, -0.1) is 23.1 Å². The summed E-state index contributed by atoms with van der Waals surface area (Å²) >= 11 is 2.70. The number of hydrogen-bond acceptors (Lipinski definition) is 6. The summed E-state index contributed by atoms with van der Waals surface area (Å²) in [7, 11) is 0. The van der Waals surface area contributed by atoms with E-state index in [2.05, 4.69) is 5.32 Å². The number of ether oxygens (including phenoxy) is 1. The summed E-state index contributed by atoms with van der Waals surface area (Å²) in [6, 6.07) is 11.4. The fourth-order valence-corrected chi connectivity index (χ4v) is 3.83. The molecule has 0 aliphatic carbocycles. The highest BCUT2D eigenvalue weighted by Crippen LogP contribution is 2.36. The van der Waals surface area contributed by atoms with Gasteiger partial charge in [0.25, 0.3) is 0 Å². The van der Waals surface area contributed by atoms with Crippen LogP contribution in [0, 0.1) is 0 Å². The monoisotopic (exact) mass is 379 g/mol. The Morgan fingerprint density at radius 3 is 2.68 bits per heavy atom. The van der Waals surface area contributed by atoms with Crippen LogP contribution in [0.25, 0.3) is 10.4 Å². The van der Waals surface area contributed by atoms with Gasteiger partial charge in [0.05, 0.1) is 24.0 Å². The molecule has 0 radical (unpaired) electrons. The van der Waals surface area contributed by atoms with Crippen LogP contribution in [-0.2, 0) is 9.53 Å². The summed E-state index contributed by atoms with van der Waals surface area (Å²) in [4.78, 5) is 25.5. The molecule has 2 rings (SSSR count). The largest absolute Gasteiger partial charge is 0.462 e. The van der Waals surface area contributed by atoms with Gasteiger partial charge >= 0.3 is 5.97 Å². The Morgan fingerprint density at radius 1 is 1.32 bits per heavy atom. The smallest absolute Gasteiger partial charge is 0.341 e. The highest BCUT2D eigenvalue weighted by molar-refractivity contribution is 8.00. The molecule has 0 spiro atoms. The highest BCUT2D eigenvalue weighted by Gasteiger charge is 2.22. The van der Waals surface area contributed by atoms with Crippen molar-refractivity contribution in [3.63, 3.8) is 0 Å². The van der Waals surface area contributed by atoms with Crippen LogP contribution < -0.4 is 5.32 Å². The number of nitrogens with one attached hydrogen (secondary N) is 1. The van der Waals surface area contributed by atoms with Crippen LogP contribution in [0.1, 0.15) is 24.2 Å². The topological polar surface area (TPSA) is 75.6 Å². The molecule has 0 fully saturated rings. The third-order valence-corrected chi connectivity index (χ3v) is 5.58. The number of anilines is 1. The molecule has 2 N–H and O–H groups in total. The number of thioether (sulfide) groups is 1. The molecule has 1 heterocycles. The third-order valence-electron chi connectivity index (χ3n) is 3.35. The quantitative estimate of drug-likeness (QED) is 0.685. The maximum absolute atomic E-state index is 12.3. The third kappa shape index (κ3) is 5.32. The van der Waals surface area contributed by atoms with Gasteiger partial charge in [-0.25, -0.2) is 4.79 Å². The second-order valence-electron chi connectivity index (χ2n) is 5.17. The summed E-state index contributed by atoms with van der Waals surface area (Å²) in [5.74, 6) is -0.170. The van der Waals surface area contributed by atoms with Crippen LogP contribution in [0.2, 0.25) is 0 Å². The lowest BCUT2D eigenvalue weighted by Gasteiger charge is -2.11. The van der Waals surface area contributed by atoms with Gasteiger partial charge in [-0.05, 0) is 25.5 Å². The van der Waals surface area contributed by atoms with Crippen molar-refractivity contribution in [1.29, 1.82) is 0 Å². The Bertz CT molecular complexity index is 715. The first-order valence-corrected chi connectivity index (χ1v) is 9.83. The molecular weight excluding hydrogens is 358 g/mol. The van der Waals surface area contributed by atoms with Crippen molar-refractivity contribution >= 4 is 40.0 Å². The lowest BCUT2D eigenvalue weighted by molar-refractivity contribution is -0.115. The molecule has 5 nitrogen and oxygen atoms in total. The van der Waals surface area contributed by atoms with Crippen LogP contribution in [-0.4, -0.2) is 41.2 Å². The van der Waals surface area contributed by atoms with E-state index in [-0.39, 0.29) is 24.4 Å². The molecule has 1 amide bonds. The van der Waals surface area contributed by atoms with Crippen LogP contribution in [0.5, 0.6) is 0 Å². The Hall–Kier alpha value is -1.83. The molecule has 1 atom stereocenters. The molecule has 1 aromatic heterocycles. The van der Waals surface area contributed by atoms with Gasteiger partial charge < -0.3 is 15.2 Å². The van der Waals surface area contributed by atoms with E-state index in [1.54, 1.807) is 19.9 Å². The van der Waals surface area contributed by atoms with Gasteiger partial charge in [0.2, 0.25) is 5.91 Å². The number of aliphatic hydroxyl groups excluding tert-OH is 1. The van der Waals surface area contributed by atoms with Gasteiger partial charge in [0.1, 0.15) is 5.00 Å². The molecule has 25 heavy (non-hydrogen) atoms. The molecular formula is C18H21NO4S2. The Balaban J connectivity index is 2.26. The van der Waals surface area contributed by atoms with Crippen LogP contribution in [0.15, 0.2) is 36.4 Å². The molecule has 0 saturated carbocycles. The number of rotatable bonds is 8. The predicted octanol–water partition coefficient (Wildman–Crippen LogP) is 3.64. The number of esters is 1. The number of hydrogen-bond donors (Lipinski definition) is 2. The molecule has 7 heteroatoms. The van der Waals surface area contributed by atoms with Gasteiger partial charge in [0, 0.05) is 10.6 Å². The van der Waals surface area contributed by atoms with E-state index < -0.39 is 5.97 Å². The lowest BCUT2D eigenvalue weighted by atomic mass is 10.1. The van der Waals surface area contributed by atoms with Gasteiger partial charge in [-0.1, -0.05) is 30.3 Å².